The van der Waals surface area contributed by atoms with Crippen molar-refractivity contribution in [2.45, 2.75) is 6.42 Å². The highest BCUT2D eigenvalue weighted by Crippen LogP contribution is 2.17. The van der Waals surface area contributed by atoms with E-state index in [0.29, 0.717) is 19.6 Å². The maximum Gasteiger partial charge on any atom is 0.407 e. The summed E-state index contributed by atoms with van der Waals surface area (Å²) in [7, 11) is 1.26. The molecule has 1 aliphatic heterocycles. The number of carbonyl (C=O) groups excluding carboxylic acids is 2. The number of alkyl carbamates (subject to hydrolysis) is 1. The van der Waals surface area contributed by atoms with Gasteiger partial charge in [0.15, 0.2) is 0 Å². The summed E-state index contributed by atoms with van der Waals surface area (Å²) in [6.07, 6.45) is 0.206. The second-order valence-corrected chi connectivity index (χ2v) is 5.04. The summed E-state index contributed by atoms with van der Waals surface area (Å²) in [4.78, 5) is 26.9. The van der Waals surface area contributed by atoms with Gasteiger partial charge >= 0.3 is 6.09 Å². The molecule has 0 unspecified atom stereocenters. The predicted molar refractivity (Wildman–Crippen MR) is 80.2 cm³/mol. The van der Waals surface area contributed by atoms with Gasteiger partial charge in [-0.2, -0.15) is 0 Å². The van der Waals surface area contributed by atoms with Crippen LogP contribution in [0.4, 0.5) is 14.9 Å². The van der Waals surface area contributed by atoms with Gasteiger partial charge in [0.1, 0.15) is 12.4 Å². The average molecular weight is 309 g/mol. The highest BCUT2D eigenvalue weighted by Gasteiger charge is 2.19. The molecule has 0 aliphatic carbocycles. The maximum atomic E-state index is 13.0. The van der Waals surface area contributed by atoms with Gasteiger partial charge < -0.3 is 19.9 Å². The highest BCUT2D eigenvalue weighted by molar-refractivity contribution is 5.82. The number of benzene rings is 1. The Bertz CT molecular complexity index is 521. The van der Waals surface area contributed by atoms with Crippen molar-refractivity contribution in [1.82, 2.24) is 10.2 Å². The molecule has 0 aromatic heterocycles. The van der Waals surface area contributed by atoms with Crippen LogP contribution in [0, 0.1) is 5.82 Å². The summed E-state index contributed by atoms with van der Waals surface area (Å²) in [5.41, 5.74) is 0.948. The second-order valence-electron chi connectivity index (χ2n) is 5.04. The number of anilines is 1. The molecular weight excluding hydrogens is 289 g/mol. The van der Waals surface area contributed by atoms with Gasteiger partial charge in [-0.15, -0.1) is 0 Å². The number of nitrogens with one attached hydrogen (secondary N) is 1. The SMILES string of the molecule is COC(=O)NCC(=O)N1CCCN(c2ccc(F)cc2)CC1. The van der Waals surface area contributed by atoms with Gasteiger partial charge in [-0.05, 0) is 30.7 Å². The molecule has 7 heteroatoms. The van der Waals surface area contributed by atoms with E-state index in [1.807, 2.05) is 0 Å². The van der Waals surface area contributed by atoms with Gasteiger partial charge in [0, 0.05) is 31.9 Å². The normalized spacial score (nSPS) is 15.2. The topological polar surface area (TPSA) is 61.9 Å². The minimum absolute atomic E-state index is 0.0662. The van der Waals surface area contributed by atoms with E-state index in [1.165, 1.54) is 19.2 Å². The van der Waals surface area contributed by atoms with Gasteiger partial charge in [-0.3, -0.25) is 4.79 Å². The lowest BCUT2D eigenvalue weighted by atomic mass is 10.2. The standard InChI is InChI=1S/C15H20FN3O3/c1-22-15(21)17-11-14(20)19-8-2-7-18(9-10-19)13-5-3-12(16)4-6-13/h3-6H,2,7-11H2,1H3,(H,17,21). The summed E-state index contributed by atoms with van der Waals surface area (Å²) < 4.78 is 17.4. The number of amides is 2. The molecule has 0 spiro atoms. The summed E-state index contributed by atoms with van der Waals surface area (Å²) in [6, 6.07) is 6.35. The number of carbonyl (C=O) groups is 2. The summed E-state index contributed by atoms with van der Waals surface area (Å²) >= 11 is 0. The lowest BCUT2D eigenvalue weighted by Crippen LogP contribution is -2.42. The Hall–Kier alpha value is -2.31. The van der Waals surface area contributed by atoms with Gasteiger partial charge in [0.25, 0.3) is 0 Å². The van der Waals surface area contributed by atoms with Crippen molar-refractivity contribution in [2.75, 3.05) is 44.7 Å². The van der Waals surface area contributed by atoms with Crippen molar-refractivity contribution in [3.63, 3.8) is 0 Å². The fourth-order valence-corrected chi connectivity index (χ4v) is 2.41. The van der Waals surface area contributed by atoms with E-state index in [-0.39, 0.29) is 18.3 Å². The van der Waals surface area contributed by atoms with Gasteiger partial charge in [-0.1, -0.05) is 0 Å². The minimum Gasteiger partial charge on any atom is -0.453 e. The number of halogens is 1. The smallest absolute Gasteiger partial charge is 0.407 e. The fourth-order valence-electron chi connectivity index (χ4n) is 2.41. The first-order chi connectivity index (χ1) is 10.6. The number of hydrogen-bond donors (Lipinski definition) is 1. The highest BCUT2D eigenvalue weighted by atomic mass is 19.1. The Morgan fingerprint density at radius 1 is 1.18 bits per heavy atom. The van der Waals surface area contributed by atoms with Crippen molar-refractivity contribution in [3.8, 4) is 0 Å². The zero-order valence-electron chi connectivity index (χ0n) is 12.5. The third-order valence-corrected chi connectivity index (χ3v) is 3.61. The molecule has 120 valence electrons. The van der Waals surface area contributed by atoms with E-state index in [0.717, 1.165) is 18.7 Å². The van der Waals surface area contributed by atoms with Gasteiger partial charge in [0.05, 0.1) is 7.11 Å². The zero-order chi connectivity index (χ0) is 15.9. The molecule has 1 fully saturated rings. The number of hydrogen-bond acceptors (Lipinski definition) is 4. The van der Waals surface area contributed by atoms with Crippen LogP contribution < -0.4 is 10.2 Å². The van der Waals surface area contributed by atoms with Crippen LogP contribution in [0.25, 0.3) is 0 Å². The molecule has 6 nitrogen and oxygen atoms in total. The first-order valence-corrected chi connectivity index (χ1v) is 7.20. The van der Waals surface area contributed by atoms with Crippen LogP contribution in [0.15, 0.2) is 24.3 Å². The van der Waals surface area contributed by atoms with Crippen LogP contribution in [-0.4, -0.2) is 56.7 Å². The number of nitrogens with zero attached hydrogens (tertiary/aromatic N) is 2. The van der Waals surface area contributed by atoms with Crippen molar-refractivity contribution < 1.29 is 18.7 Å². The van der Waals surface area contributed by atoms with Crippen molar-refractivity contribution >= 4 is 17.7 Å². The largest absolute Gasteiger partial charge is 0.453 e. The zero-order valence-corrected chi connectivity index (χ0v) is 12.5. The molecule has 1 heterocycles. The first-order valence-electron chi connectivity index (χ1n) is 7.20. The van der Waals surface area contributed by atoms with E-state index in [9.17, 15) is 14.0 Å². The Morgan fingerprint density at radius 2 is 1.91 bits per heavy atom. The third kappa shape index (κ3) is 4.34. The Kier molecular flexibility index (Phi) is 5.57. The Labute approximate surface area is 128 Å². The summed E-state index contributed by atoms with van der Waals surface area (Å²) in [5.74, 6) is -0.393. The minimum atomic E-state index is -0.615. The number of methoxy groups -OCH3 is 1. The van der Waals surface area contributed by atoms with Crippen LogP contribution in [0.5, 0.6) is 0 Å². The molecular formula is C15H20FN3O3. The first kappa shape index (κ1) is 16.1. The van der Waals surface area contributed by atoms with Crippen molar-refractivity contribution in [1.29, 1.82) is 0 Å². The number of rotatable bonds is 3. The third-order valence-electron chi connectivity index (χ3n) is 3.61. The maximum absolute atomic E-state index is 13.0. The molecule has 0 radical (unpaired) electrons. The van der Waals surface area contributed by atoms with E-state index in [1.54, 1.807) is 17.0 Å². The van der Waals surface area contributed by atoms with Crippen LogP contribution >= 0.6 is 0 Å². The van der Waals surface area contributed by atoms with Crippen LogP contribution in [0.1, 0.15) is 6.42 Å². The van der Waals surface area contributed by atoms with E-state index < -0.39 is 6.09 Å². The quantitative estimate of drug-likeness (QED) is 0.912. The molecule has 22 heavy (non-hydrogen) atoms. The Morgan fingerprint density at radius 3 is 2.59 bits per heavy atom. The molecule has 0 bridgehead atoms. The molecule has 1 aromatic carbocycles. The van der Waals surface area contributed by atoms with Crippen LogP contribution in [0.3, 0.4) is 0 Å². The molecule has 1 saturated heterocycles. The van der Waals surface area contributed by atoms with Crippen molar-refractivity contribution in [2.24, 2.45) is 0 Å². The Balaban J connectivity index is 1.88. The predicted octanol–water partition coefficient (Wildman–Crippen LogP) is 1.22. The summed E-state index contributed by atoms with van der Waals surface area (Å²) in [6.45, 7) is 2.62. The van der Waals surface area contributed by atoms with E-state index in [2.05, 4.69) is 15.0 Å². The molecule has 0 saturated carbocycles. The van der Waals surface area contributed by atoms with Gasteiger partial charge in [0.2, 0.25) is 5.91 Å². The molecule has 2 amide bonds. The monoisotopic (exact) mass is 309 g/mol. The second kappa shape index (κ2) is 7.63. The van der Waals surface area contributed by atoms with Crippen molar-refractivity contribution in [3.05, 3.63) is 30.1 Å². The lowest BCUT2D eigenvalue weighted by molar-refractivity contribution is -0.129. The molecule has 2 rings (SSSR count). The molecule has 1 aromatic rings. The van der Waals surface area contributed by atoms with Crippen LogP contribution in [-0.2, 0) is 9.53 Å². The van der Waals surface area contributed by atoms with Crippen LogP contribution in [0.2, 0.25) is 0 Å². The average Bonchev–Trinajstić information content (AvgIpc) is 2.79. The van der Waals surface area contributed by atoms with E-state index >= 15 is 0 Å². The van der Waals surface area contributed by atoms with Gasteiger partial charge in [-0.25, -0.2) is 9.18 Å². The number of ether oxygens (including phenoxy) is 1. The molecule has 1 N–H and O–H groups in total. The molecule has 0 atom stereocenters. The lowest BCUT2D eigenvalue weighted by Gasteiger charge is -2.23. The van der Waals surface area contributed by atoms with E-state index in [4.69, 9.17) is 0 Å². The summed E-state index contributed by atoms with van der Waals surface area (Å²) in [5, 5.41) is 2.39. The molecule has 1 aliphatic rings. The fraction of sp³-hybridized carbons (Fsp3) is 0.467.